The van der Waals surface area contributed by atoms with E-state index in [1.54, 1.807) is 6.07 Å². The molecule has 1 atom stereocenters. The van der Waals surface area contributed by atoms with Gasteiger partial charge in [0, 0.05) is 30.4 Å². The van der Waals surface area contributed by atoms with Crippen molar-refractivity contribution < 1.29 is 23.5 Å². The minimum absolute atomic E-state index is 0.290. The molecule has 4 aromatic carbocycles. The molecule has 2 aliphatic rings. The Morgan fingerprint density at radius 2 is 1.64 bits per heavy atom. The smallest absolute Gasteiger partial charge is 0.326 e. The number of rotatable bonds is 12. The monoisotopic (exact) mass is 586 g/mol. The summed E-state index contributed by atoms with van der Waals surface area (Å²) in [4.78, 5) is 27.4. The number of hydrogen-bond donors (Lipinski definition) is 2. The summed E-state index contributed by atoms with van der Waals surface area (Å²) in [7, 11) is 0. The first-order valence-corrected chi connectivity index (χ1v) is 15.1. The summed E-state index contributed by atoms with van der Waals surface area (Å²) >= 11 is 1.52. The molecule has 0 heterocycles. The van der Waals surface area contributed by atoms with E-state index in [0.717, 1.165) is 34.9 Å². The third-order valence-corrected chi connectivity index (χ3v) is 8.17. The van der Waals surface area contributed by atoms with Crippen molar-refractivity contribution in [3.05, 3.63) is 124 Å². The first kappa shape index (κ1) is 29.3. The van der Waals surface area contributed by atoms with E-state index in [-0.39, 0.29) is 0 Å². The number of benzene rings is 4. The Hall–Kier alpha value is -4.17. The van der Waals surface area contributed by atoms with Crippen molar-refractivity contribution in [2.75, 3.05) is 16.9 Å². The van der Waals surface area contributed by atoms with Crippen LogP contribution in [0.3, 0.4) is 0 Å². The molecule has 0 unspecified atom stereocenters. The van der Waals surface area contributed by atoms with Gasteiger partial charge in [-0.15, -0.1) is 0 Å². The number of halogens is 2. The molecule has 8 heteroatoms. The van der Waals surface area contributed by atoms with Gasteiger partial charge < -0.3 is 15.3 Å². The summed E-state index contributed by atoms with van der Waals surface area (Å²) in [6, 6.07) is 22.0. The molecular weight excluding hydrogens is 554 g/mol. The fraction of sp³-hybridized carbons (Fsp3) is 0.235. The number of anilines is 1. The average molecular weight is 587 g/mol. The summed E-state index contributed by atoms with van der Waals surface area (Å²) in [6.45, 7) is 2.68. The SMILES string of the molecule is CSCC[C@H](NC(=O)c1ccc(CN(Cc2cc(F)cc(F)c2)c2ccc3cc2C3)cc1-c1ccccc1C)C(=O)O. The number of nitrogens with one attached hydrogen (secondary N) is 1. The predicted octanol–water partition coefficient (Wildman–Crippen LogP) is 6.99. The fourth-order valence-electron chi connectivity index (χ4n) is 5.37. The van der Waals surface area contributed by atoms with Crippen LogP contribution in [0, 0.1) is 18.6 Å². The zero-order chi connectivity index (χ0) is 29.8. The van der Waals surface area contributed by atoms with Gasteiger partial charge >= 0.3 is 5.97 Å². The van der Waals surface area contributed by atoms with Crippen LogP contribution in [-0.4, -0.2) is 35.0 Å². The van der Waals surface area contributed by atoms with Crippen LogP contribution in [-0.2, 0) is 24.3 Å². The highest BCUT2D eigenvalue weighted by atomic mass is 32.2. The molecule has 2 bridgehead atoms. The zero-order valence-corrected chi connectivity index (χ0v) is 24.3. The molecule has 2 aliphatic carbocycles. The Bertz CT molecular complexity index is 1620. The molecule has 4 aromatic rings. The lowest BCUT2D eigenvalue weighted by Gasteiger charge is -2.31. The Kier molecular flexibility index (Phi) is 8.92. The molecule has 2 N–H and O–H groups in total. The molecule has 0 fully saturated rings. The van der Waals surface area contributed by atoms with Crippen molar-refractivity contribution >= 4 is 29.3 Å². The van der Waals surface area contributed by atoms with Crippen LogP contribution < -0.4 is 10.2 Å². The molecule has 0 aliphatic heterocycles. The highest BCUT2D eigenvalue weighted by Gasteiger charge is 2.24. The van der Waals surface area contributed by atoms with Crippen LogP contribution in [0.1, 0.15) is 44.6 Å². The number of thioether (sulfide) groups is 1. The summed E-state index contributed by atoms with van der Waals surface area (Å²) < 4.78 is 28.1. The van der Waals surface area contributed by atoms with Gasteiger partial charge in [0.15, 0.2) is 0 Å². The first-order chi connectivity index (χ1) is 20.2. The number of fused-ring (bicyclic) bond motifs is 2. The first-order valence-electron chi connectivity index (χ1n) is 13.7. The Balaban J connectivity index is 1.51. The second-order valence-electron chi connectivity index (χ2n) is 10.6. The van der Waals surface area contributed by atoms with Crippen LogP contribution in [0.25, 0.3) is 11.1 Å². The van der Waals surface area contributed by atoms with Gasteiger partial charge in [-0.25, -0.2) is 13.6 Å². The Morgan fingerprint density at radius 3 is 2.29 bits per heavy atom. The molecule has 1 amide bonds. The van der Waals surface area contributed by atoms with E-state index in [2.05, 4.69) is 22.3 Å². The van der Waals surface area contributed by atoms with E-state index in [1.165, 1.54) is 35.0 Å². The molecule has 0 spiro atoms. The summed E-state index contributed by atoms with van der Waals surface area (Å²) in [5.74, 6) is -2.16. The number of nitrogens with zero attached hydrogens (tertiary/aromatic N) is 1. The number of aliphatic carboxylic acids is 1. The van der Waals surface area contributed by atoms with Crippen LogP contribution in [0.5, 0.6) is 0 Å². The fourth-order valence-corrected chi connectivity index (χ4v) is 5.84. The van der Waals surface area contributed by atoms with E-state index in [1.807, 2.05) is 55.6 Å². The second kappa shape index (κ2) is 12.8. The van der Waals surface area contributed by atoms with Crippen molar-refractivity contribution in [3.63, 3.8) is 0 Å². The molecule has 42 heavy (non-hydrogen) atoms. The van der Waals surface area contributed by atoms with Crippen molar-refractivity contribution in [2.24, 2.45) is 0 Å². The van der Waals surface area contributed by atoms with Crippen molar-refractivity contribution in [1.82, 2.24) is 5.32 Å². The van der Waals surface area contributed by atoms with Crippen LogP contribution >= 0.6 is 11.8 Å². The van der Waals surface area contributed by atoms with Gasteiger partial charge in [0.2, 0.25) is 0 Å². The third kappa shape index (κ3) is 6.65. The molecule has 6 rings (SSSR count). The Labute approximate surface area is 248 Å². The van der Waals surface area contributed by atoms with Gasteiger partial charge in [-0.1, -0.05) is 42.5 Å². The summed E-state index contributed by atoms with van der Waals surface area (Å²) in [5, 5.41) is 12.4. The van der Waals surface area contributed by atoms with Gasteiger partial charge in [-0.05, 0) is 101 Å². The highest BCUT2D eigenvalue weighted by molar-refractivity contribution is 7.98. The third-order valence-electron chi connectivity index (χ3n) is 7.53. The molecular formula is C34H32F2N2O3S. The number of carboxylic acid groups (broad SMARTS) is 1. The number of carboxylic acids is 1. The summed E-state index contributed by atoms with van der Waals surface area (Å²) in [6.07, 6.45) is 3.06. The van der Waals surface area contributed by atoms with E-state index >= 15 is 0 Å². The van der Waals surface area contributed by atoms with Gasteiger partial charge in [-0.2, -0.15) is 11.8 Å². The number of carbonyl (C=O) groups excluding carboxylic acids is 1. The average Bonchev–Trinajstić information content (AvgIpc) is 2.94. The van der Waals surface area contributed by atoms with Gasteiger partial charge in [-0.3, -0.25) is 4.79 Å². The molecule has 0 saturated carbocycles. The minimum atomic E-state index is -1.07. The van der Waals surface area contributed by atoms with Crippen LogP contribution in [0.2, 0.25) is 0 Å². The molecule has 216 valence electrons. The lowest BCUT2D eigenvalue weighted by Crippen LogP contribution is -2.41. The van der Waals surface area contributed by atoms with E-state index in [9.17, 15) is 23.5 Å². The van der Waals surface area contributed by atoms with Crippen LogP contribution in [0.15, 0.2) is 78.9 Å². The largest absolute Gasteiger partial charge is 0.480 e. The van der Waals surface area contributed by atoms with Crippen LogP contribution in [0.4, 0.5) is 14.5 Å². The quantitative estimate of drug-likeness (QED) is 0.165. The maximum Gasteiger partial charge on any atom is 0.326 e. The van der Waals surface area contributed by atoms with E-state index in [0.29, 0.717) is 42.0 Å². The highest BCUT2D eigenvalue weighted by Crippen LogP contribution is 2.35. The normalized spacial score (nSPS) is 12.4. The molecule has 0 aromatic heterocycles. The zero-order valence-electron chi connectivity index (χ0n) is 23.5. The molecule has 0 radical (unpaired) electrons. The maximum absolute atomic E-state index is 14.1. The number of hydrogen-bond acceptors (Lipinski definition) is 4. The van der Waals surface area contributed by atoms with E-state index < -0.39 is 29.6 Å². The van der Waals surface area contributed by atoms with Crippen molar-refractivity contribution in [1.29, 1.82) is 0 Å². The Morgan fingerprint density at radius 1 is 0.929 bits per heavy atom. The van der Waals surface area contributed by atoms with Gasteiger partial charge in [0.1, 0.15) is 17.7 Å². The van der Waals surface area contributed by atoms with Gasteiger partial charge in [0.25, 0.3) is 5.91 Å². The standard InChI is InChI=1S/C34H32F2N2O3S/c1-21-5-3-4-6-28(21)30-17-23(7-9-29(30)33(39)37-31(34(40)41)11-12-42-2)19-38(32-10-8-22-13-25(32)14-22)20-24-15-26(35)18-27(36)16-24/h3-10,13,15-18,31H,11-12,14,19-20H2,1-2H3,(H,37,39)(H,40,41)/t31-/m0/s1. The van der Waals surface area contributed by atoms with E-state index in [4.69, 9.17) is 0 Å². The van der Waals surface area contributed by atoms with Crippen molar-refractivity contribution in [2.45, 2.75) is 38.9 Å². The molecule has 0 saturated heterocycles. The second-order valence-corrected chi connectivity index (χ2v) is 11.6. The van der Waals surface area contributed by atoms with Gasteiger partial charge in [0.05, 0.1) is 0 Å². The number of aryl methyl sites for hydroxylation is 1. The topological polar surface area (TPSA) is 69.6 Å². The molecule has 5 nitrogen and oxygen atoms in total. The lowest BCUT2D eigenvalue weighted by atomic mass is 9.90. The minimum Gasteiger partial charge on any atom is -0.480 e. The number of amides is 1. The number of carbonyl (C=O) groups is 2. The van der Waals surface area contributed by atoms with Crippen molar-refractivity contribution in [3.8, 4) is 11.1 Å². The predicted molar refractivity (Wildman–Crippen MR) is 164 cm³/mol. The maximum atomic E-state index is 14.1. The summed E-state index contributed by atoms with van der Waals surface area (Å²) in [5.41, 5.74) is 7.74. The lowest BCUT2D eigenvalue weighted by molar-refractivity contribution is -0.139.